The Hall–Kier alpha value is -1.84. The molecule has 0 spiro atoms. The van der Waals surface area contributed by atoms with E-state index in [4.69, 9.17) is 16.6 Å². The molecule has 3 rings (SSSR count). The fourth-order valence-corrected chi connectivity index (χ4v) is 3.31. The normalized spacial score (nSPS) is 22.3. The summed E-state index contributed by atoms with van der Waals surface area (Å²) in [6, 6.07) is 3.31. The number of imide groups is 1. The number of carbonyl (C=O) groups excluding carboxylic acids is 3. The van der Waals surface area contributed by atoms with Crippen LogP contribution in [0.25, 0.3) is 12.2 Å². The van der Waals surface area contributed by atoms with Gasteiger partial charge in [0.05, 0.1) is 9.81 Å². The summed E-state index contributed by atoms with van der Waals surface area (Å²) in [5.41, 5.74) is 0. The van der Waals surface area contributed by atoms with Crippen molar-refractivity contribution in [2.24, 2.45) is 0 Å². The average Bonchev–Trinajstić information content (AvgIpc) is 3.04. The van der Waals surface area contributed by atoms with Gasteiger partial charge >= 0.3 is 0 Å². The Morgan fingerprint density at radius 3 is 2.00 bits per heavy atom. The summed E-state index contributed by atoms with van der Waals surface area (Å²) in [4.78, 5) is 34.7. The summed E-state index contributed by atoms with van der Waals surface area (Å²) in [5.74, 6) is 0.161. The first kappa shape index (κ1) is 14.1. The lowest BCUT2D eigenvalue weighted by Crippen LogP contribution is -2.17. The zero-order valence-corrected chi connectivity index (χ0v) is 12.6. The Morgan fingerprint density at radius 1 is 0.952 bits per heavy atom. The first-order chi connectivity index (χ1) is 10.0. The van der Waals surface area contributed by atoms with Crippen LogP contribution in [0.5, 0.6) is 0 Å². The van der Waals surface area contributed by atoms with E-state index in [0.29, 0.717) is 20.7 Å². The second-order valence-electron chi connectivity index (χ2n) is 3.94. The highest BCUT2D eigenvalue weighted by molar-refractivity contribution is 8.26. The second kappa shape index (κ2) is 5.51. The van der Waals surface area contributed by atoms with Crippen molar-refractivity contribution in [3.8, 4) is 0 Å². The zero-order chi connectivity index (χ0) is 15.0. The number of furan rings is 1. The van der Waals surface area contributed by atoms with Gasteiger partial charge in [0.25, 0.3) is 17.1 Å². The fourth-order valence-electron chi connectivity index (χ4n) is 1.62. The predicted molar refractivity (Wildman–Crippen MR) is 84.1 cm³/mol. The Bertz CT molecular complexity index is 687. The molecule has 3 heterocycles. The van der Waals surface area contributed by atoms with Crippen molar-refractivity contribution in [2.75, 3.05) is 0 Å². The molecule has 1 aromatic heterocycles. The maximum absolute atomic E-state index is 11.5. The van der Waals surface area contributed by atoms with Crippen LogP contribution in [0.3, 0.4) is 0 Å². The third-order valence-electron chi connectivity index (χ3n) is 2.48. The molecule has 0 bridgehead atoms. The molecule has 0 saturated carbocycles. The standard InChI is InChI=1S/C12H6N2O4S3/c15-9-7(20-11(17)13-9)3-5-1-2-6(18-5)4-8-10(16)14-12(19)21-8/h1-4H,(H,13,15,17)(H,14,16,19)/b7-3-,8-4-. The lowest BCUT2D eigenvalue weighted by atomic mass is 10.3. The molecule has 3 amide bonds. The van der Waals surface area contributed by atoms with Crippen molar-refractivity contribution >= 4 is 69.3 Å². The maximum atomic E-state index is 11.5. The molecular weight excluding hydrogens is 332 g/mol. The molecule has 0 aliphatic carbocycles. The molecule has 2 aliphatic heterocycles. The number of carbonyl (C=O) groups is 3. The molecule has 2 fully saturated rings. The summed E-state index contributed by atoms with van der Waals surface area (Å²) >= 11 is 6.85. The van der Waals surface area contributed by atoms with Gasteiger partial charge in [0, 0.05) is 12.2 Å². The van der Waals surface area contributed by atoms with Crippen LogP contribution < -0.4 is 10.6 Å². The van der Waals surface area contributed by atoms with Crippen LogP contribution in [0.4, 0.5) is 4.79 Å². The van der Waals surface area contributed by atoms with E-state index in [1.165, 1.54) is 6.08 Å². The predicted octanol–water partition coefficient (Wildman–Crippen LogP) is 2.09. The number of hydrogen-bond acceptors (Lipinski definition) is 7. The van der Waals surface area contributed by atoms with E-state index in [-0.39, 0.29) is 10.8 Å². The van der Waals surface area contributed by atoms with Gasteiger partial charge in [-0.3, -0.25) is 19.7 Å². The summed E-state index contributed by atoms with van der Waals surface area (Å²) in [7, 11) is 0. The number of nitrogens with one attached hydrogen (secondary N) is 2. The molecule has 0 unspecified atom stereocenters. The van der Waals surface area contributed by atoms with E-state index in [0.717, 1.165) is 23.5 Å². The van der Waals surface area contributed by atoms with Gasteiger partial charge in [-0.2, -0.15) is 0 Å². The first-order valence-electron chi connectivity index (χ1n) is 5.61. The van der Waals surface area contributed by atoms with Gasteiger partial charge in [0.15, 0.2) is 0 Å². The van der Waals surface area contributed by atoms with Crippen molar-refractivity contribution in [1.82, 2.24) is 10.6 Å². The van der Waals surface area contributed by atoms with Crippen LogP contribution >= 0.6 is 35.7 Å². The third-order valence-corrected chi connectivity index (χ3v) is 4.45. The molecule has 0 aromatic carbocycles. The largest absolute Gasteiger partial charge is 0.457 e. The SMILES string of the molecule is O=C1NC(=O)/C(=C/c2ccc(/C=C3\SC(=S)NC3=O)o2)S1. The fraction of sp³-hybridized carbons (Fsp3) is 0. The van der Waals surface area contributed by atoms with E-state index >= 15 is 0 Å². The van der Waals surface area contributed by atoms with Gasteiger partial charge in [0.1, 0.15) is 15.8 Å². The number of thioether (sulfide) groups is 2. The van der Waals surface area contributed by atoms with Crippen LogP contribution in [-0.4, -0.2) is 21.4 Å². The summed E-state index contributed by atoms with van der Waals surface area (Å²) in [6.07, 6.45) is 3.04. The minimum Gasteiger partial charge on any atom is -0.457 e. The van der Waals surface area contributed by atoms with Crippen LogP contribution in [0.1, 0.15) is 11.5 Å². The monoisotopic (exact) mass is 338 g/mol. The lowest BCUT2D eigenvalue weighted by Gasteiger charge is -1.91. The van der Waals surface area contributed by atoms with Crippen molar-refractivity contribution in [2.45, 2.75) is 0 Å². The van der Waals surface area contributed by atoms with Crippen molar-refractivity contribution in [1.29, 1.82) is 0 Å². The maximum Gasteiger partial charge on any atom is 0.290 e. The van der Waals surface area contributed by atoms with Gasteiger partial charge in [-0.25, -0.2) is 0 Å². The summed E-state index contributed by atoms with van der Waals surface area (Å²) < 4.78 is 5.88. The van der Waals surface area contributed by atoms with E-state index < -0.39 is 11.1 Å². The Morgan fingerprint density at radius 2 is 1.52 bits per heavy atom. The Balaban J connectivity index is 1.81. The molecule has 9 heteroatoms. The van der Waals surface area contributed by atoms with Crippen LogP contribution in [0.15, 0.2) is 26.4 Å². The highest BCUT2D eigenvalue weighted by Gasteiger charge is 2.25. The number of hydrogen-bond donors (Lipinski definition) is 2. The molecule has 106 valence electrons. The topological polar surface area (TPSA) is 88.4 Å². The molecule has 2 aliphatic rings. The number of amides is 3. The molecule has 2 N–H and O–H groups in total. The van der Waals surface area contributed by atoms with Crippen LogP contribution in [0.2, 0.25) is 0 Å². The highest BCUT2D eigenvalue weighted by Crippen LogP contribution is 2.28. The Kier molecular flexibility index (Phi) is 3.70. The molecular formula is C12H6N2O4S3. The average molecular weight is 338 g/mol. The molecule has 21 heavy (non-hydrogen) atoms. The van der Waals surface area contributed by atoms with Gasteiger partial charge in [0.2, 0.25) is 0 Å². The first-order valence-corrected chi connectivity index (χ1v) is 7.65. The molecule has 2 saturated heterocycles. The molecule has 6 nitrogen and oxygen atoms in total. The van der Waals surface area contributed by atoms with Crippen LogP contribution in [-0.2, 0) is 9.59 Å². The third kappa shape index (κ3) is 3.09. The van der Waals surface area contributed by atoms with Gasteiger partial charge in [-0.15, -0.1) is 0 Å². The van der Waals surface area contributed by atoms with Gasteiger partial charge in [-0.05, 0) is 23.9 Å². The summed E-state index contributed by atoms with van der Waals surface area (Å²) in [6.45, 7) is 0. The van der Waals surface area contributed by atoms with Crippen molar-refractivity contribution in [3.63, 3.8) is 0 Å². The van der Waals surface area contributed by atoms with Gasteiger partial charge in [-0.1, -0.05) is 24.0 Å². The van der Waals surface area contributed by atoms with E-state index in [1.807, 2.05) is 0 Å². The van der Waals surface area contributed by atoms with E-state index in [9.17, 15) is 14.4 Å². The van der Waals surface area contributed by atoms with Crippen molar-refractivity contribution < 1.29 is 18.8 Å². The minimum absolute atomic E-state index is 0.266. The lowest BCUT2D eigenvalue weighted by molar-refractivity contribution is -0.116. The second-order valence-corrected chi connectivity index (χ2v) is 6.68. The molecule has 1 aromatic rings. The highest BCUT2D eigenvalue weighted by atomic mass is 32.2. The van der Waals surface area contributed by atoms with Gasteiger partial charge < -0.3 is 9.73 Å². The quantitative estimate of drug-likeness (QED) is 0.630. The number of rotatable bonds is 2. The minimum atomic E-state index is -0.447. The van der Waals surface area contributed by atoms with E-state index in [2.05, 4.69) is 10.6 Å². The molecule has 0 radical (unpaired) electrons. The van der Waals surface area contributed by atoms with Crippen LogP contribution in [0, 0.1) is 0 Å². The Labute approximate surface area is 132 Å². The zero-order valence-electron chi connectivity index (χ0n) is 10.2. The smallest absolute Gasteiger partial charge is 0.290 e. The number of thiocarbonyl (C=S) groups is 1. The van der Waals surface area contributed by atoms with E-state index in [1.54, 1.807) is 18.2 Å². The summed E-state index contributed by atoms with van der Waals surface area (Å²) in [5, 5.41) is 4.25. The van der Waals surface area contributed by atoms with Crippen molar-refractivity contribution in [3.05, 3.63) is 33.5 Å². The molecule has 0 atom stereocenters.